The van der Waals surface area contributed by atoms with Crippen molar-refractivity contribution >= 4 is 0 Å². The molecule has 0 bridgehead atoms. The van der Waals surface area contributed by atoms with Crippen molar-refractivity contribution in [2.24, 2.45) is 5.92 Å². The molecule has 0 aromatic heterocycles. The second-order valence-electron chi connectivity index (χ2n) is 4.16. The minimum absolute atomic E-state index is 1.00. The molecule has 0 N–H and O–H groups in total. The molecule has 13 heavy (non-hydrogen) atoms. The lowest BCUT2D eigenvalue weighted by Crippen LogP contribution is -2.29. The van der Waals surface area contributed by atoms with Gasteiger partial charge in [0.1, 0.15) is 0 Å². The summed E-state index contributed by atoms with van der Waals surface area (Å²) in [5, 5.41) is 0. The molecule has 1 aliphatic rings. The van der Waals surface area contributed by atoms with Gasteiger partial charge in [0.25, 0.3) is 0 Å². The van der Waals surface area contributed by atoms with Gasteiger partial charge in [-0.2, -0.15) is 0 Å². The van der Waals surface area contributed by atoms with E-state index in [4.69, 9.17) is 0 Å². The molecule has 1 saturated heterocycles. The molecule has 76 valence electrons. The van der Waals surface area contributed by atoms with Crippen LogP contribution in [-0.4, -0.2) is 18.0 Å². The maximum atomic E-state index is 3.81. The Kier molecular flexibility index (Phi) is 4.95. The third kappa shape index (κ3) is 3.84. The molecule has 0 aliphatic carbocycles. The maximum absolute atomic E-state index is 3.81. The number of hydrogen-bond donors (Lipinski definition) is 0. The molecule has 0 unspecified atom stereocenters. The van der Waals surface area contributed by atoms with Gasteiger partial charge < -0.3 is 4.90 Å². The highest BCUT2D eigenvalue weighted by atomic mass is 15.1. The molecule has 0 aromatic rings. The van der Waals surface area contributed by atoms with E-state index in [1.165, 1.54) is 51.6 Å². The van der Waals surface area contributed by atoms with Crippen LogP contribution in [-0.2, 0) is 0 Å². The molecule has 0 saturated carbocycles. The summed E-state index contributed by atoms with van der Waals surface area (Å²) in [6, 6.07) is 0. The van der Waals surface area contributed by atoms with Gasteiger partial charge in [0.05, 0.1) is 0 Å². The highest BCUT2D eigenvalue weighted by Crippen LogP contribution is 2.22. The fourth-order valence-electron chi connectivity index (χ4n) is 2.11. The lowest BCUT2D eigenvalue weighted by molar-refractivity contribution is 0.231. The van der Waals surface area contributed by atoms with Crippen LogP contribution in [0.1, 0.15) is 45.4 Å². The fourth-order valence-corrected chi connectivity index (χ4v) is 2.11. The van der Waals surface area contributed by atoms with Gasteiger partial charge >= 0.3 is 0 Å². The zero-order valence-corrected chi connectivity index (χ0v) is 8.97. The Morgan fingerprint density at radius 2 is 2.00 bits per heavy atom. The van der Waals surface area contributed by atoms with E-state index in [0.717, 1.165) is 5.92 Å². The average molecular weight is 181 g/mol. The predicted octanol–water partition coefficient (Wildman–Crippen LogP) is 3.42. The van der Waals surface area contributed by atoms with E-state index < -0.39 is 0 Å². The molecule has 0 atom stereocenters. The van der Waals surface area contributed by atoms with Gasteiger partial charge in [-0.15, -0.1) is 0 Å². The van der Waals surface area contributed by atoms with Crippen molar-refractivity contribution < 1.29 is 0 Å². The summed E-state index contributed by atoms with van der Waals surface area (Å²) in [4.78, 5) is 2.34. The summed E-state index contributed by atoms with van der Waals surface area (Å²) in [6.07, 6.45) is 10.4. The van der Waals surface area contributed by atoms with Crippen LogP contribution in [0.3, 0.4) is 0 Å². The van der Waals surface area contributed by atoms with Crippen molar-refractivity contribution in [1.29, 1.82) is 0 Å². The smallest absolute Gasteiger partial charge is 0.0174 e. The van der Waals surface area contributed by atoms with Gasteiger partial charge in [0.15, 0.2) is 0 Å². The van der Waals surface area contributed by atoms with E-state index in [9.17, 15) is 0 Å². The third-order valence-corrected chi connectivity index (χ3v) is 3.12. The summed E-state index contributed by atoms with van der Waals surface area (Å²) >= 11 is 0. The molecule has 1 fully saturated rings. The van der Waals surface area contributed by atoms with Crippen molar-refractivity contribution in [3.63, 3.8) is 0 Å². The zero-order chi connectivity index (χ0) is 9.52. The molecule has 1 heteroatoms. The van der Waals surface area contributed by atoms with Gasteiger partial charge in [-0.3, -0.25) is 0 Å². The first-order chi connectivity index (χ1) is 6.36. The van der Waals surface area contributed by atoms with Gasteiger partial charge in [0, 0.05) is 13.1 Å². The van der Waals surface area contributed by atoms with E-state index in [0.29, 0.717) is 0 Å². The fraction of sp³-hybridized carbons (Fsp3) is 0.833. The van der Waals surface area contributed by atoms with E-state index in [-0.39, 0.29) is 0 Å². The largest absolute Gasteiger partial charge is 0.378 e. The molecule has 1 heterocycles. The molecule has 0 spiro atoms. The molecular formula is C12H23N. The Morgan fingerprint density at radius 3 is 2.54 bits per heavy atom. The second-order valence-corrected chi connectivity index (χ2v) is 4.16. The molecule has 1 aliphatic heterocycles. The summed E-state index contributed by atoms with van der Waals surface area (Å²) in [5.41, 5.74) is 0. The summed E-state index contributed by atoms with van der Waals surface area (Å²) < 4.78 is 0. The van der Waals surface area contributed by atoms with Crippen molar-refractivity contribution in [2.45, 2.75) is 45.4 Å². The van der Waals surface area contributed by atoms with E-state index in [1.807, 2.05) is 6.20 Å². The van der Waals surface area contributed by atoms with Gasteiger partial charge in [-0.05, 0) is 25.0 Å². The van der Waals surface area contributed by atoms with Crippen LogP contribution in [0.2, 0.25) is 0 Å². The molecule has 0 radical (unpaired) electrons. The topological polar surface area (TPSA) is 3.24 Å². The number of likely N-dealkylation sites (tertiary alicyclic amines) is 1. The van der Waals surface area contributed by atoms with Crippen molar-refractivity contribution in [2.75, 3.05) is 13.1 Å². The first-order valence-electron chi connectivity index (χ1n) is 5.73. The summed E-state index contributed by atoms with van der Waals surface area (Å²) in [7, 11) is 0. The molecule has 0 aromatic carbocycles. The monoisotopic (exact) mass is 181 g/mol. The van der Waals surface area contributed by atoms with E-state index in [1.54, 1.807) is 0 Å². The minimum atomic E-state index is 1.00. The highest BCUT2D eigenvalue weighted by Gasteiger charge is 2.15. The maximum Gasteiger partial charge on any atom is 0.0174 e. The van der Waals surface area contributed by atoms with Crippen molar-refractivity contribution in [1.82, 2.24) is 4.90 Å². The van der Waals surface area contributed by atoms with Crippen molar-refractivity contribution in [3.8, 4) is 0 Å². The van der Waals surface area contributed by atoms with Crippen LogP contribution in [0.4, 0.5) is 0 Å². The zero-order valence-electron chi connectivity index (χ0n) is 8.97. The number of piperidine rings is 1. The highest BCUT2D eigenvalue weighted by molar-refractivity contribution is 4.78. The molecule has 0 amide bonds. The van der Waals surface area contributed by atoms with E-state index in [2.05, 4.69) is 18.4 Å². The van der Waals surface area contributed by atoms with Crippen LogP contribution in [0.5, 0.6) is 0 Å². The van der Waals surface area contributed by atoms with Gasteiger partial charge in [0.2, 0.25) is 0 Å². The van der Waals surface area contributed by atoms with Gasteiger partial charge in [-0.1, -0.05) is 39.2 Å². The number of nitrogens with zero attached hydrogens (tertiary/aromatic N) is 1. The average Bonchev–Trinajstić information content (AvgIpc) is 2.19. The number of rotatable bonds is 5. The Balaban J connectivity index is 2.07. The lowest BCUT2D eigenvalue weighted by Gasteiger charge is -2.30. The summed E-state index contributed by atoms with van der Waals surface area (Å²) in [6.45, 7) is 8.56. The lowest BCUT2D eigenvalue weighted by atomic mass is 9.91. The molecule has 1 rings (SSSR count). The van der Waals surface area contributed by atoms with Crippen LogP contribution in [0.15, 0.2) is 12.8 Å². The first-order valence-corrected chi connectivity index (χ1v) is 5.73. The Labute approximate surface area is 82.8 Å². The normalized spacial score (nSPS) is 19.0. The number of hydrogen-bond acceptors (Lipinski definition) is 1. The minimum Gasteiger partial charge on any atom is -0.378 e. The predicted molar refractivity (Wildman–Crippen MR) is 58.6 cm³/mol. The van der Waals surface area contributed by atoms with Gasteiger partial charge in [-0.25, -0.2) is 0 Å². The SMILES string of the molecule is C=CN1CCC(CCCCC)CC1. The Hall–Kier alpha value is -0.460. The van der Waals surface area contributed by atoms with Crippen LogP contribution in [0, 0.1) is 5.92 Å². The quantitative estimate of drug-likeness (QED) is 0.587. The van der Waals surface area contributed by atoms with E-state index >= 15 is 0 Å². The Bertz CT molecular complexity index is 134. The number of unbranched alkanes of at least 4 members (excludes halogenated alkanes) is 2. The van der Waals surface area contributed by atoms with Crippen LogP contribution >= 0.6 is 0 Å². The summed E-state index contributed by atoms with van der Waals surface area (Å²) in [5.74, 6) is 1.00. The second kappa shape index (κ2) is 6.06. The molecular weight excluding hydrogens is 158 g/mol. The first kappa shape index (κ1) is 10.6. The third-order valence-electron chi connectivity index (χ3n) is 3.12. The van der Waals surface area contributed by atoms with Crippen molar-refractivity contribution in [3.05, 3.63) is 12.8 Å². The van der Waals surface area contributed by atoms with Crippen LogP contribution in [0.25, 0.3) is 0 Å². The standard InChI is InChI=1S/C12H23N/c1-3-5-6-7-12-8-10-13(4-2)11-9-12/h4,12H,2-3,5-11H2,1H3. The Morgan fingerprint density at radius 1 is 1.31 bits per heavy atom. The molecule has 1 nitrogen and oxygen atoms in total. The van der Waals surface area contributed by atoms with Crippen LogP contribution < -0.4 is 0 Å².